The first kappa shape index (κ1) is 20.1. The van der Waals surface area contributed by atoms with Crippen LogP contribution in [0.5, 0.6) is 0 Å². The van der Waals surface area contributed by atoms with Gasteiger partial charge in [-0.15, -0.1) is 0 Å². The zero-order valence-corrected chi connectivity index (χ0v) is 17.6. The number of thioether (sulfide) groups is 1. The number of furan rings is 1. The van der Waals surface area contributed by atoms with Crippen molar-refractivity contribution >= 4 is 39.7 Å². The number of methoxy groups -OCH3 is 1. The highest BCUT2D eigenvalue weighted by atomic mass is 32.2. The molecule has 3 heterocycles. The number of rotatable bonds is 5. The number of carbonyl (C=O) groups excluding carboxylic acids is 1. The van der Waals surface area contributed by atoms with Crippen LogP contribution in [0.1, 0.15) is 16.3 Å². The highest BCUT2D eigenvalue weighted by molar-refractivity contribution is 7.98. The smallest absolute Gasteiger partial charge is 0.373 e. The molecule has 1 N–H and O–H groups in total. The average Bonchev–Trinajstić information content (AvgIpc) is 3.43. The van der Waals surface area contributed by atoms with Crippen LogP contribution in [0.15, 0.2) is 75.0 Å². The van der Waals surface area contributed by atoms with E-state index < -0.39 is 11.8 Å². The van der Waals surface area contributed by atoms with Gasteiger partial charge in [-0.25, -0.2) is 14.2 Å². The maximum atomic E-state index is 13.5. The van der Waals surface area contributed by atoms with E-state index in [4.69, 9.17) is 9.40 Å². The Morgan fingerprint density at radius 2 is 1.94 bits per heavy atom. The molecule has 9 heteroatoms. The Morgan fingerprint density at radius 1 is 1.16 bits per heavy atom. The number of fused-ring (bicyclic) bond motifs is 3. The number of esters is 1. The largest absolute Gasteiger partial charge is 0.463 e. The molecular weight excluding hydrogens is 433 g/mol. The van der Waals surface area contributed by atoms with Crippen LogP contribution in [0.25, 0.3) is 27.6 Å². The summed E-state index contributed by atoms with van der Waals surface area (Å²) in [7, 11) is 1.28. The van der Waals surface area contributed by atoms with Gasteiger partial charge in [-0.3, -0.25) is 9.36 Å². The van der Waals surface area contributed by atoms with Crippen LogP contribution in [-0.4, -0.2) is 27.6 Å². The van der Waals surface area contributed by atoms with Crippen molar-refractivity contribution in [2.45, 2.75) is 10.9 Å². The van der Waals surface area contributed by atoms with Crippen LogP contribution in [0, 0.1) is 5.82 Å². The van der Waals surface area contributed by atoms with Gasteiger partial charge in [0.05, 0.1) is 18.6 Å². The molecule has 0 amide bonds. The monoisotopic (exact) mass is 449 g/mol. The molecule has 3 aromatic heterocycles. The van der Waals surface area contributed by atoms with E-state index in [1.54, 1.807) is 6.07 Å². The van der Waals surface area contributed by atoms with Crippen LogP contribution in [0.2, 0.25) is 0 Å². The lowest BCUT2D eigenvalue weighted by Crippen LogP contribution is -2.21. The number of benzene rings is 2. The molecule has 0 bridgehead atoms. The summed E-state index contributed by atoms with van der Waals surface area (Å²) in [6.45, 7) is 0. The SMILES string of the molecule is COC(=O)c1ccc(CSc2nc3c([nH]c4ccccc43)c(=O)n2-c2ccc(F)cc2)o1. The van der Waals surface area contributed by atoms with Gasteiger partial charge in [-0.2, -0.15) is 0 Å². The Kier molecular flexibility index (Phi) is 5.02. The number of carbonyl (C=O) groups is 1. The zero-order valence-electron chi connectivity index (χ0n) is 16.8. The Hall–Kier alpha value is -3.85. The van der Waals surface area contributed by atoms with Crippen molar-refractivity contribution in [2.24, 2.45) is 0 Å². The van der Waals surface area contributed by atoms with E-state index in [1.165, 1.54) is 53.8 Å². The highest BCUT2D eigenvalue weighted by Crippen LogP contribution is 2.28. The topological polar surface area (TPSA) is 90.1 Å². The number of para-hydroxylation sites is 1. The summed E-state index contributed by atoms with van der Waals surface area (Å²) < 4.78 is 25.1. The van der Waals surface area contributed by atoms with Gasteiger partial charge in [0.2, 0.25) is 5.76 Å². The Bertz CT molecular complexity index is 1520. The van der Waals surface area contributed by atoms with Gasteiger partial charge in [-0.05, 0) is 42.5 Å². The summed E-state index contributed by atoms with van der Waals surface area (Å²) in [6, 6.07) is 16.4. The molecule has 0 unspecified atom stereocenters. The van der Waals surface area contributed by atoms with E-state index in [1.807, 2.05) is 24.3 Å². The number of aromatic nitrogens is 3. The number of nitrogens with one attached hydrogen (secondary N) is 1. The zero-order chi connectivity index (χ0) is 22.2. The molecule has 0 aliphatic carbocycles. The maximum Gasteiger partial charge on any atom is 0.373 e. The molecule has 5 rings (SSSR count). The molecule has 160 valence electrons. The third-order valence-corrected chi connectivity index (χ3v) is 5.93. The Labute approximate surface area is 184 Å². The van der Waals surface area contributed by atoms with E-state index in [0.29, 0.717) is 33.4 Å². The Morgan fingerprint density at radius 3 is 2.72 bits per heavy atom. The van der Waals surface area contributed by atoms with Crippen molar-refractivity contribution in [2.75, 3.05) is 7.11 Å². The predicted molar refractivity (Wildman–Crippen MR) is 119 cm³/mol. The summed E-state index contributed by atoms with van der Waals surface area (Å²) in [6.07, 6.45) is 0. The number of nitrogens with zero attached hydrogens (tertiary/aromatic N) is 2. The lowest BCUT2D eigenvalue weighted by molar-refractivity contribution is 0.0563. The fourth-order valence-corrected chi connectivity index (χ4v) is 4.36. The van der Waals surface area contributed by atoms with Crippen molar-refractivity contribution in [3.63, 3.8) is 0 Å². The third kappa shape index (κ3) is 3.46. The lowest BCUT2D eigenvalue weighted by atomic mass is 10.2. The van der Waals surface area contributed by atoms with Crippen molar-refractivity contribution in [3.05, 3.63) is 88.4 Å². The molecule has 0 saturated carbocycles. The standard InChI is InChI=1S/C23H16FN3O4S/c1-30-22(29)18-11-10-15(31-18)12-32-23-26-19-16-4-2-3-5-17(16)25-20(19)21(28)27(23)14-8-6-13(24)7-9-14/h2-11,25H,12H2,1H3. The minimum absolute atomic E-state index is 0.0964. The summed E-state index contributed by atoms with van der Waals surface area (Å²) in [5.41, 5.74) is 1.91. The molecule has 0 saturated heterocycles. The van der Waals surface area contributed by atoms with E-state index in [9.17, 15) is 14.0 Å². The molecular formula is C23H16FN3O4S. The molecule has 5 aromatic rings. The van der Waals surface area contributed by atoms with Crippen molar-refractivity contribution in [1.29, 1.82) is 0 Å². The van der Waals surface area contributed by atoms with Gasteiger partial charge >= 0.3 is 5.97 Å². The Balaban J connectivity index is 1.63. The third-order valence-electron chi connectivity index (χ3n) is 4.97. The summed E-state index contributed by atoms with van der Waals surface area (Å²) in [5.74, 6) is -0.0313. The number of H-pyrrole nitrogens is 1. The fraction of sp³-hybridized carbons (Fsp3) is 0.0870. The number of halogens is 1. The highest BCUT2D eigenvalue weighted by Gasteiger charge is 2.18. The molecule has 0 aliphatic rings. The molecule has 0 fully saturated rings. The number of hydrogen-bond acceptors (Lipinski definition) is 6. The number of ether oxygens (including phenoxy) is 1. The van der Waals surface area contributed by atoms with Gasteiger partial charge in [-0.1, -0.05) is 30.0 Å². The second-order valence-electron chi connectivity index (χ2n) is 6.95. The fourth-order valence-electron chi connectivity index (χ4n) is 3.46. The van der Waals surface area contributed by atoms with Gasteiger partial charge in [0.1, 0.15) is 22.6 Å². The van der Waals surface area contributed by atoms with Gasteiger partial charge in [0, 0.05) is 10.9 Å². The predicted octanol–water partition coefficient (Wildman–Crippen LogP) is 4.68. The van der Waals surface area contributed by atoms with E-state index >= 15 is 0 Å². The lowest BCUT2D eigenvalue weighted by Gasteiger charge is -2.11. The summed E-state index contributed by atoms with van der Waals surface area (Å²) in [4.78, 5) is 33.0. The molecule has 0 atom stereocenters. The van der Waals surface area contributed by atoms with Crippen LogP contribution in [-0.2, 0) is 10.5 Å². The molecule has 0 spiro atoms. The van der Waals surface area contributed by atoms with Crippen LogP contribution in [0.3, 0.4) is 0 Å². The van der Waals surface area contributed by atoms with Gasteiger partial charge < -0.3 is 14.1 Å². The second kappa shape index (κ2) is 8.01. The summed E-state index contributed by atoms with van der Waals surface area (Å²) >= 11 is 1.27. The quantitative estimate of drug-likeness (QED) is 0.238. The van der Waals surface area contributed by atoms with Crippen molar-refractivity contribution in [3.8, 4) is 5.69 Å². The molecule has 32 heavy (non-hydrogen) atoms. The van der Waals surface area contributed by atoms with Gasteiger partial charge in [0.25, 0.3) is 5.56 Å². The van der Waals surface area contributed by atoms with Gasteiger partial charge in [0.15, 0.2) is 5.16 Å². The van der Waals surface area contributed by atoms with Crippen LogP contribution >= 0.6 is 11.8 Å². The number of aromatic amines is 1. The first-order valence-electron chi connectivity index (χ1n) is 9.64. The van der Waals surface area contributed by atoms with Crippen LogP contribution < -0.4 is 5.56 Å². The molecule has 7 nitrogen and oxygen atoms in total. The van der Waals surface area contributed by atoms with Crippen molar-refractivity contribution in [1.82, 2.24) is 14.5 Å². The van der Waals surface area contributed by atoms with E-state index in [0.717, 1.165) is 10.9 Å². The molecule has 0 aliphatic heterocycles. The molecule has 0 radical (unpaired) electrons. The minimum Gasteiger partial charge on any atom is -0.463 e. The normalized spacial score (nSPS) is 11.3. The summed E-state index contributed by atoms with van der Waals surface area (Å²) in [5, 5.41) is 1.24. The molecule has 2 aromatic carbocycles. The van der Waals surface area contributed by atoms with Crippen LogP contribution in [0.4, 0.5) is 4.39 Å². The van der Waals surface area contributed by atoms with Crippen molar-refractivity contribution < 1.29 is 18.3 Å². The first-order valence-corrected chi connectivity index (χ1v) is 10.6. The van der Waals surface area contributed by atoms with E-state index in [2.05, 4.69) is 9.72 Å². The minimum atomic E-state index is -0.567. The second-order valence-corrected chi connectivity index (χ2v) is 7.89. The number of hydrogen-bond donors (Lipinski definition) is 1. The first-order chi connectivity index (χ1) is 15.5. The van der Waals surface area contributed by atoms with E-state index in [-0.39, 0.29) is 11.3 Å². The maximum absolute atomic E-state index is 13.5. The average molecular weight is 449 g/mol.